The third-order valence-electron chi connectivity index (χ3n) is 5.52. The molecule has 2 aromatic carbocycles. The van der Waals surface area contributed by atoms with Crippen molar-refractivity contribution in [3.8, 4) is 28.7 Å². The molecule has 0 amide bonds. The fraction of sp³-hybridized carbons (Fsp3) is 0.160. The normalized spacial score (nSPS) is 10.7. The van der Waals surface area contributed by atoms with Gasteiger partial charge in [-0.1, -0.05) is 31.2 Å². The molecule has 0 aliphatic carbocycles. The van der Waals surface area contributed by atoms with E-state index in [4.69, 9.17) is 20.9 Å². The molecule has 4 N–H and O–H groups in total. The lowest BCUT2D eigenvalue weighted by Crippen LogP contribution is -2.03. The number of nitriles is 1. The van der Waals surface area contributed by atoms with Gasteiger partial charge in [0.2, 0.25) is 5.78 Å². The van der Waals surface area contributed by atoms with Gasteiger partial charge >= 0.3 is 0 Å². The molecule has 0 radical (unpaired) electrons. The number of benzene rings is 2. The number of pyridine rings is 1. The van der Waals surface area contributed by atoms with Gasteiger partial charge in [0, 0.05) is 16.5 Å². The van der Waals surface area contributed by atoms with E-state index < -0.39 is 0 Å². The maximum absolute atomic E-state index is 13.4. The molecule has 0 aliphatic heterocycles. The van der Waals surface area contributed by atoms with Crippen LogP contribution in [0.25, 0.3) is 21.3 Å². The first-order chi connectivity index (χ1) is 15.9. The van der Waals surface area contributed by atoms with Crippen LogP contribution >= 0.6 is 11.3 Å². The van der Waals surface area contributed by atoms with Gasteiger partial charge in [-0.3, -0.25) is 4.79 Å². The van der Waals surface area contributed by atoms with Crippen molar-refractivity contribution >= 4 is 38.8 Å². The molecule has 166 valence electrons. The Balaban J connectivity index is 1.93. The summed E-state index contributed by atoms with van der Waals surface area (Å²) in [6.45, 7) is 2.07. The molecule has 4 aromatic rings. The largest absolute Gasteiger partial charge is 0.493 e. The van der Waals surface area contributed by atoms with Crippen LogP contribution in [0.2, 0.25) is 0 Å². The summed E-state index contributed by atoms with van der Waals surface area (Å²) in [6, 6.07) is 14.9. The minimum Gasteiger partial charge on any atom is -0.493 e. The summed E-state index contributed by atoms with van der Waals surface area (Å²) >= 11 is 1.15. The maximum Gasteiger partial charge on any atom is 0.205 e. The highest BCUT2D eigenvalue weighted by Crippen LogP contribution is 2.43. The first kappa shape index (κ1) is 22.1. The van der Waals surface area contributed by atoms with Crippen molar-refractivity contribution in [3.05, 3.63) is 64.0 Å². The molecule has 0 saturated carbocycles. The van der Waals surface area contributed by atoms with Crippen molar-refractivity contribution in [2.24, 2.45) is 0 Å². The number of carbonyl (C=O) groups excluding carboxylic acids is 1. The molecule has 2 heterocycles. The van der Waals surface area contributed by atoms with Crippen LogP contribution in [0, 0.1) is 11.3 Å². The molecule has 0 spiro atoms. The fourth-order valence-corrected chi connectivity index (χ4v) is 4.83. The highest BCUT2D eigenvalue weighted by molar-refractivity contribution is 7.21. The van der Waals surface area contributed by atoms with Gasteiger partial charge in [-0.05, 0) is 35.7 Å². The molecule has 0 atom stereocenters. The van der Waals surface area contributed by atoms with Gasteiger partial charge in [0.05, 0.1) is 19.9 Å². The Labute approximate surface area is 195 Å². The number of ether oxygens (including phenoxy) is 2. The Morgan fingerprint density at radius 2 is 1.79 bits per heavy atom. The SMILES string of the molecule is CCc1ccc(-c2c(C#N)c(N)nc3sc(C(=O)c4ccc(OC)c(OC)c4)c(N)c23)cc1. The molecule has 7 nitrogen and oxygen atoms in total. The van der Waals surface area contributed by atoms with E-state index in [0.717, 1.165) is 28.9 Å². The van der Waals surface area contributed by atoms with Crippen molar-refractivity contribution in [2.45, 2.75) is 13.3 Å². The molecule has 8 heteroatoms. The zero-order valence-electron chi connectivity index (χ0n) is 18.4. The number of fused-ring (bicyclic) bond motifs is 1. The lowest BCUT2D eigenvalue weighted by Gasteiger charge is -2.10. The molecule has 2 aromatic heterocycles. The molecule has 0 bridgehead atoms. The van der Waals surface area contributed by atoms with Gasteiger partial charge in [-0.2, -0.15) is 5.26 Å². The van der Waals surface area contributed by atoms with Crippen molar-refractivity contribution < 1.29 is 14.3 Å². The number of aryl methyl sites for hydroxylation is 1. The van der Waals surface area contributed by atoms with E-state index in [1.807, 2.05) is 24.3 Å². The van der Waals surface area contributed by atoms with Crippen LogP contribution in [0.5, 0.6) is 11.5 Å². The number of thiophene rings is 1. The van der Waals surface area contributed by atoms with E-state index >= 15 is 0 Å². The molecule has 4 rings (SSSR count). The van der Waals surface area contributed by atoms with Crippen LogP contribution < -0.4 is 20.9 Å². The van der Waals surface area contributed by atoms with Crippen LogP contribution in [-0.4, -0.2) is 25.0 Å². The van der Waals surface area contributed by atoms with Crippen LogP contribution in [0.1, 0.15) is 33.3 Å². The predicted octanol–water partition coefficient (Wildman–Crippen LogP) is 4.81. The summed E-state index contributed by atoms with van der Waals surface area (Å²) in [5.41, 5.74) is 16.1. The van der Waals surface area contributed by atoms with E-state index in [1.165, 1.54) is 14.2 Å². The van der Waals surface area contributed by atoms with Crippen LogP contribution in [-0.2, 0) is 6.42 Å². The van der Waals surface area contributed by atoms with Crippen molar-refractivity contribution in [1.29, 1.82) is 5.26 Å². The van der Waals surface area contributed by atoms with E-state index in [1.54, 1.807) is 18.2 Å². The number of nitrogens with zero attached hydrogens (tertiary/aromatic N) is 2. The minimum absolute atomic E-state index is 0.103. The Kier molecular flexibility index (Phi) is 5.90. The second-order valence-corrected chi connectivity index (χ2v) is 8.33. The number of rotatable bonds is 6. The number of nitrogens with two attached hydrogens (primary N) is 2. The van der Waals surface area contributed by atoms with E-state index in [0.29, 0.717) is 37.7 Å². The average Bonchev–Trinajstić information content (AvgIpc) is 3.17. The van der Waals surface area contributed by atoms with Crippen molar-refractivity contribution in [1.82, 2.24) is 4.98 Å². The number of anilines is 2. The summed E-state index contributed by atoms with van der Waals surface area (Å²) in [6.07, 6.45) is 0.893. The molecular formula is C25H22N4O3S. The second-order valence-electron chi connectivity index (χ2n) is 7.33. The zero-order valence-corrected chi connectivity index (χ0v) is 19.2. The standard InChI is InChI=1S/C25H22N4O3S/c1-4-13-5-7-14(8-6-13)19-16(12-26)24(28)29-25-20(19)21(27)23(33-25)22(30)15-9-10-17(31-2)18(11-15)32-3/h5-11H,4,27H2,1-3H3,(H2,28,29). The molecule has 0 aliphatic rings. The first-order valence-corrected chi connectivity index (χ1v) is 11.0. The number of hydrogen-bond donors (Lipinski definition) is 2. The second kappa shape index (κ2) is 8.81. The molecule has 0 fully saturated rings. The van der Waals surface area contributed by atoms with E-state index in [9.17, 15) is 10.1 Å². The smallest absolute Gasteiger partial charge is 0.205 e. The Hall–Kier alpha value is -4.09. The monoisotopic (exact) mass is 458 g/mol. The summed E-state index contributed by atoms with van der Waals surface area (Å²) in [7, 11) is 3.03. The van der Waals surface area contributed by atoms with Gasteiger partial charge in [0.1, 0.15) is 27.2 Å². The maximum atomic E-state index is 13.4. The van der Waals surface area contributed by atoms with Crippen LogP contribution in [0.3, 0.4) is 0 Å². The lowest BCUT2D eigenvalue weighted by atomic mass is 9.95. The van der Waals surface area contributed by atoms with Crippen molar-refractivity contribution in [3.63, 3.8) is 0 Å². The van der Waals surface area contributed by atoms with E-state index in [2.05, 4.69) is 18.0 Å². The quantitative estimate of drug-likeness (QED) is 0.397. The number of nitrogen functional groups attached to an aromatic ring is 2. The van der Waals surface area contributed by atoms with Gasteiger partial charge in [0.15, 0.2) is 11.5 Å². The fourth-order valence-electron chi connectivity index (χ4n) is 3.76. The van der Waals surface area contributed by atoms with Crippen LogP contribution in [0.15, 0.2) is 42.5 Å². The number of aromatic nitrogens is 1. The molecule has 0 unspecified atom stereocenters. The third-order valence-corrected chi connectivity index (χ3v) is 6.62. The van der Waals surface area contributed by atoms with Crippen LogP contribution in [0.4, 0.5) is 11.5 Å². The first-order valence-electron chi connectivity index (χ1n) is 10.2. The number of hydrogen-bond acceptors (Lipinski definition) is 8. The number of methoxy groups -OCH3 is 2. The Morgan fingerprint density at radius 1 is 1.09 bits per heavy atom. The molecule has 33 heavy (non-hydrogen) atoms. The summed E-state index contributed by atoms with van der Waals surface area (Å²) in [5, 5.41) is 10.4. The van der Waals surface area contributed by atoms with Crippen molar-refractivity contribution in [2.75, 3.05) is 25.7 Å². The topological polar surface area (TPSA) is 124 Å². The highest BCUT2D eigenvalue weighted by Gasteiger charge is 2.25. The Morgan fingerprint density at radius 3 is 2.39 bits per heavy atom. The van der Waals surface area contributed by atoms with Gasteiger partial charge < -0.3 is 20.9 Å². The minimum atomic E-state index is -0.277. The molecular weight excluding hydrogens is 436 g/mol. The van der Waals surface area contributed by atoms with Gasteiger partial charge in [0.25, 0.3) is 0 Å². The Bertz CT molecular complexity index is 1420. The van der Waals surface area contributed by atoms with Gasteiger partial charge in [-0.25, -0.2) is 4.98 Å². The third kappa shape index (κ3) is 3.73. The zero-order chi connectivity index (χ0) is 23.7. The number of ketones is 1. The van der Waals surface area contributed by atoms with E-state index in [-0.39, 0.29) is 22.9 Å². The number of carbonyl (C=O) groups is 1. The summed E-state index contributed by atoms with van der Waals surface area (Å²) in [5.74, 6) is 0.782. The average molecular weight is 459 g/mol. The van der Waals surface area contributed by atoms with Gasteiger partial charge in [-0.15, -0.1) is 11.3 Å². The highest BCUT2D eigenvalue weighted by atomic mass is 32.1. The predicted molar refractivity (Wildman–Crippen MR) is 131 cm³/mol. The lowest BCUT2D eigenvalue weighted by molar-refractivity contribution is 0.104. The summed E-state index contributed by atoms with van der Waals surface area (Å²) < 4.78 is 10.6. The summed E-state index contributed by atoms with van der Waals surface area (Å²) in [4.78, 5) is 18.6. The molecule has 0 saturated heterocycles.